The monoisotopic (exact) mass is 474 g/mol. The summed E-state index contributed by atoms with van der Waals surface area (Å²) in [5.74, 6) is 0.442. The van der Waals surface area contributed by atoms with Crippen LogP contribution in [0.3, 0.4) is 0 Å². The molecule has 0 saturated carbocycles. The molecule has 3 aromatic rings. The fourth-order valence-corrected chi connectivity index (χ4v) is 4.94. The van der Waals surface area contributed by atoms with E-state index in [9.17, 15) is 13.2 Å². The smallest absolute Gasteiger partial charge is 0.243 e. The van der Waals surface area contributed by atoms with Crippen molar-refractivity contribution in [1.82, 2.24) is 19.8 Å². The van der Waals surface area contributed by atoms with Gasteiger partial charge in [0.1, 0.15) is 10.6 Å². The summed E-state index contributed by atoms with van der Waals surface area (Å²) in [4.78, 5) is 13.0. The second-order valence-corrected chi connectivity index (χ2v) is 9.76. The van der Waals surface area contributed by atoms with E-state index in [0.717, 1.165) is 17.5 Å². The zero-order valence-corrected chi connectivity index (χ0v) is 19.0. The number of fused-ring (bicyclic) bond motifs is 1. The van der Waals surface area contributed by atoms with Crippen LogP contribution < -0.4 is 14.8 Å². The van der Waals surface area contributed by atoms with Gasteiger partial charge in [-0.2, -0.15) is 5.10 Å². The lowest BCUT2D eigenvalue weighted by atomic mass is 10.0. The Labute approximate surface area is 191 Å². The molecule has 2 N–H and O–H groups in total. The first-order valence-electron chi connectivity index (χ1n) is 10.1. The SMILES string of the molecule is Cn1cc(S(=O)(=O)NCC(NC(=O)Cc2cc(Cl)cc3c2OCC3)c2ccccc2)cn1. The van der Waals surface area contributed by atoms with Gasteiger partial charge in [0.25, 0.3) is 0 Å². The molecule has 2 aromatic carbocycles. The lowest BCUT2D eigenvalue weighted by molar-refractivity contribution is -0.121. The second kappa shape index (κ2) is 9.32. The van der Waals surface area contributed by atoms with E-state index in [1.54, 1.807) is 13.1 Å². The van der Waals surface area contributed by atoms with Crippen LogP contribution in [0.4, 0.5) is 0 Å². The number of carbonyl (C=O) groups is 1. The van der Waals surface area contributed by atoms with Crippen LogP contribution in [0.5, 0.6) is 5.75 Å². The average molecular weight is 475 g/mol. The highest BCUT2D eigenvalue weighted by atomic mass is 35.5. The van der Waals surface area contributed by atoms with Gasteiger partial charge in [0.2, 0.25) is 15.9 Å². The fraction of sp³-hybridized carbons (Fsp3) is 0.273. The molecule has 1 aliphatic rings. The van der Waals surface area contributed by atoms with Gasteiger partial charge in [0.15, 0.2) is 0 Å². The van der Waals surface area contributed by atoms with Crippen molar-refractivity contribution < 1.29 is 17.9 Å². The molecule has 0 spiro atoms. The van der Waals surface area contributed by atoms with Crippen molar-refractivity contribution in [2.75, 3.05) is 13.2 Å². The Morgan fingerprint density at radius 2 is 2.06 bits per heavy atom. The van der Waals surface area contributed by atoms with Gasteiger partial charge in [-0.3, -0.25) is 9.48 Å². The molecule has 8 nitrogen and oxygen atoms in total. The van der Waals surface area contributed by atoms with E-state index in [0.29, 0.717) is 22.9 Å². The third kappa shape index (κ3) is 5.12. The molecule has 1 aliphatic heterocycles. The highest BCUT2D eigenvalue weighted by Gasteiger charge is 2.23. The maximum atomic E-state index is 12.9. The Morgan fingerprint density at radius 3 is 2.78 bits per heavy atom. The number of aryl methyl sites for hydroxylation is 1. The molecule has 1 aromatic heterocycles. The zero-order chi connectivity index (χ0) is 22.7. The van der Waals surface area contributed by atoms with E-state index in [4.69, 9.17) is 16.3 Å². The number of halogens is 1. The molecular formula is C22H23ClN4O4S. The number of aromatic nitrogens is 2. The van der Waals surface area contributed by atoms with Crippen molar-refractivity contribution >= 4 is 27.5 Å². The number of nitrogens with one attached hydrogen (secondary N) is 2. The molecule has 0 bridgehead atoms. The largest absolute Gasteiger partial charge is 0.493 e. The van der Waals surface area contributed by atoms with Gasteiger partial charge in [0.05, 0.1) is 25.3 Å². The van der Waals surface area contributed by atoms with Gasteiger partial charge >= 0.3 is 0 Å². The number of ether oxygens (including phenoxy) is 1. The van der Waals surface area contributed by atoms with Gasteiger partial charge in [-0.1, -0.05) is 41.9 Å². The third-order valence-corrected chi connectivity index (χ3v) is 6.78. The van der Waals surface area contributed by atoms with Crippen LogP contribution in [0.15, 0.2) is 59.8 Å². The summed E-state index contributed by atoms with van der Waals surface area (Å²) in [5.41, 5.74) is 2.48. The van der Waals surface area contributed by atoms with E-state index in [2.05, 4.69) is 15.1 Å². The minimum absolute atomic E-state index is 0.0167. The van der Waals surface area contributed by atoms with Gasteiger partial charge in [-0.15, -0.1) is 0 Å². The highest BCUT2D eigenvalue weighted by molar-refractivity contribution is 7.89. The molecule has 1 atom stereocenters. The van der Waals surface area contributed by atoms with Crippen molar-refractivity contribution in [2.45, 2.75) is 23.8 Å². The molecule has 4 rings (SSSR count). The summed E-state index contributed by atoms with van der Waals surface area (Å²) in [6.07, 6.45) is 3.52. The van der Waals surface area contributed by atoms with E-state index in [1.165, 1.54) is 17.1 Å². The third-order valence-electron chi connectivity index (χ3n) is 5.18. The molecule has 0 aliphatic carbocycles. The standard InChI is InChI=1S/C22H23ClN4O4S/c1-27-14-19(12-24-27)32(29,30)25-13-20(15-5-3-2-4-6-15)26-21(28)11-17-10-18(23)9-16-7-8-31-22(16)17/h2-6,9-10,12,14,20,25H,7-8,11,13H2,1H3,(H,26,28). The lowest BCUT2D eigenvalue weighted by Gasteiger charge is -2.20. The van der Waals surface area contributed by atoms with Crippen LogP contribution in [0.25, 0.3) is 0 Å². The summed E-state index contributed by atoms with van der Waals surface area (Å²) in [7, 11) is -2.13. The zero-order valence-electron chi connectivity index (χ0n) is 17.4. The normalized spacial score (nSPS) is 13.9. The second-order valence-electron chi connectivity index (χ2n) is 7.56. The number of rotatable bonds is 8. The summed E-state index contributed by atoms with van der Waals surface area (Å²) in [5, 5.41) is 7.40. The molecular weight excluding hydrogens is 452 g/mol. The molecule has 168 valence electrons. The molecule has 0 radical (unpaired) electrons. The number of carbonyl (C=O) groups excluding carboxylic acids is 1. The molecule has 1 unspecified atom stereocenters. The lowest BCUT2D eigenvalue weighted by Crippen LogP contribution is -2.38. The van der Waals surface area contributed by atoms with Crippen LogP contribution in [0, 0.1) is 0 Å². The fourth-order valence-electron chi connectivity index (χ4n) is 3.65. The Balaban J connectivity index is 1.50. The van der Waals surface area contributed by atoms with Crippen molar-refractivity contribution in [3.8, 4) is 5.75 Å². The van der Waals surface area contributed by atoms with Gasteiger partial charge in [0, 0.05) is 36.8 Å². The van der Waals surface area contributed by atoms with Crippen molar-refractivity contribution in [1.29, 1.82) is 0 Å². The maximum Gasteiger partial charge on any atom is 0.243 e. The highest BCUT2D eigenvalue weighted by Crippen LogP contribution is 2.33. The molecule has 2 heterocycles. The van der Waals surface area contributed by atoms with Crippen molar-refractivity contribution in [3.05, 3.63) is 76.6 Å². The quantitative estimate of drug-likeness (QED) is 0.522. The predicted molar refractivity (Wildman–Crippen MR) is 120 cm³/mol. The number of nitrogens with zero attached hydrogens (tertiary/aromatic N) is 2. The van der Waals surface area contributed by atoms with Crippen LogP contribution in [0.1, 0.15) is 22.7 Å². The maximum absolute atomic E-state index is 12.9. The molecule has 0 fully saturated rings. The van der Waals surface area contributed by atoms with Crippen LogP contribution in [-0.4, -0.2) is 37.3 Å². The molecule has 0 saturated heterocycles. The Morgan fingerprint density at radius 1 is 1.28 bits per heavy atom. The van der Waals surface area contributed by atoms with Gasteiger partial charge in [-0.25, -0.2) is 13.1 Å². The van der Waals surface area contributed by atoms with E-state index < -0.39 is 16.1 Å². The number of hydrogen-bond donors (Lipinski definition) is 2. The summed E-state index contributed by atoms with van der Waals surface area (Å²) >= 11 is 6.20. The van der Waals surface area contributed by atoms with E-state index in [-0.39, 0.29) is 23.8 Å². The van der Waals surface area contributed by atoms with Crippen LogP contribution in [-0.2, 0) is 34.7 Å². The first-order valence-corrected chi connectivity index (χ1v) is 11.9. The summed E-state index contributed by atoms with van der Waals surface area (Å²) in [6, 6.07) is 12.2. The number of sulfonamides is 1. The Kier molecular flexibility index (Phi) is 6.50. The first kappa shape index (κ1) is 22.3. The average Bonchev–Trinajstić information content (AvgIpc) is 3.41. The van der Waals surface area contributed by atoms with Crippen molar-refractivity contribution in [3.63, 3.8) is 0 Å². The predicted octanol–water partition coefficient (Wildman–Crippen LogP) is 2.39. The van der Waals surface area contributed by atoms with E-state index in [1.807, 2.05) is 36.4 Å². The van der Waals surface area contributed by atoms with Gasteiger partial charge < -0.3 is 10.1 Å². The Bertz CT molecular complexity index is 1230. The van der Waals surface area contributed by atoms with Crippen molar-refractivity contribution in [2.24, 2.45) is 7.05 Å². The number of benzene rings is 2. The number of hydrogen-bond acceptors (Lipinski definition) is 5. The van der Waals surface area contributed by atoms with Crippen LogP contribution in [0.2, 0.25) is 5.02 Å². The molecule has 32 heavy (non-hydrogen) atoms. The Hall–Kier alpha value is -2.88. The van der Waals surface area contributed by atoms with E-state index >= 15 is 0 Å². The first-order chi connectivity index (χ1) is 15.3. The summed E-state index contributed by atoms with van der Waals surface area (Å²) in [6.45, 7) is 0.546. The number of amides is 1. The topological polar surface area (TPSA) is 102 Å². The minimum atomic E-state index is -3.77. The minimum Gasteiger partial charge on any atom is -0.493 e. The molecule has 10 heteroatoms. The van der Waals surface area contributed by atoms with Crippen LogP contribution >= 0.6 is 11.6 Å². The summed E-state index contributed by atoms with van der Waals surface area (Å²) < 4.78 is 34.9. The van der Waals surface area contributed by atoms with Gasteiger partial charge in [-0.05, 0) is 23.3 Å². The molecule has 1 amide bonds.